The Hall–Kier alpha value is -1.60. The lowest BCUT2D eigenvalue weighted by molar-refractivity contribution is -0.242. The summed E-state index contributed by atoms with van der Waals surface area (Å²) in [4.78, 5) is 24.1. The summed E-state index contributed by atoms with van der Waals surface area (Å²) in [7, 11) is 0. The number of carbonyl (C=O) groups excluding carboxylic acids is 1. The Kier molecular flexibility index (Phi) is 4.06. The van der Waals surface area contributed by atoms with Gasteiger partial charge in [-0.3, -0.25) is 0 Å². The Morgan fingerprint density at radius 3 is 1.83 bits per heavy atom. The Labute approximate surface area is 142 Å². The number of rotatable bonds is 2. The molecule has 1 radical (unpaired) electrons. The van der Waals surface area contributed by atoms with Gasteiger partial charge in [0.15, 0.2) is 0 Å². The van der Waals surface area contributed by atoms with Gasteiger partial charge in [0.2, 0.25) is 0 Å². The molecule has 2 aliphatic rings. The van der Waals surface area contributed by atoms with Crippen LogP contribution < -0.4 is 5.32 Å². The SMILES string of the molecule is CC(C)(C)OC(=O)NC1(C(=O)O)CC2=C(C1)C(C)(C)N([O])C2(C)C. The van der Waals surface area contributed by atoms with Crippen LogP contribution in [0.4, 0.5) is 4.79 Å². The molecule has 0 bridgehead atoms. The molecule has 0 saturated carbocycles. The van der Waals surface area contributed by atoms with Crippen molar-refractivity contribution < 1.29 is 24.6 Å². The van der Waals surface area contributed by atoms with Crippen LogP contribution in [0.3, 0.4) is 0 Å². The van der Waals surface area contributed by atoms with E-state index < -0.39 is 34.3 Å². The maximum atomic E-state index is 12.6. The van der Waals surface area contributed by atoms with E-state index in [2.05, 4.69) is 5.32 Å². The first kappa shape index (κ1) is 18.7. The van der Waals surface area contributed by atoms with Gasteiger partial charge >= 0.3 is 12.1 Å². The van der Waals surface area contributed by atoms with E-state index in [1.165, 1.54) is 0 Å². The van der Waals surface area contributed by atoms with E-state index in [9.17, 15) is 19.9 Å². The van der Waals surface area contributed by atoms with Crippen molar-refractivity contribution in [2.75, 3.05) is 0 Å². The second-order valence-electron chi connectivity index (χ2n) is 8.74. The molecule has 0 saturated heterocycles. The largest absolute Gasteiger partial charge is 0.479 e. The number of alkyl carbamates (subject to hydrolysis) is 1. The fraction of sp³-hybridized carbons (Fsp3) is 0.765. The summed E-state index contributed by atoms with van der Waals surface area (Å²) in [5.74, 6) is -1.12. The average molecular weight is 339 g/mol. The second-order valence-corrected chi connectivity index (χ2v) is 8.74. The molecule has 1 heterocycles. The Morgan fingerprint density at radius 1 is 1.08 bits per heavy atom. The molecule has 0 aromatic heterocycles. The predicted molar refractivity (Wildman–Crippen MR) is 86.7 cm³/mol. The molecule has 24 heavy (non-hydrogen) atoms. The number of amides is 1. The molecule has 135 valence electrons. The van der Waals surface area contributed by atoms with E-state index in [4.69, 9.17) is 4.74 Å². The van der Waals surface area contributed by atoms with Crippen molar-refractivity contribution in [3.63, 3.8) is 0 Å². The Morgan fingerprint density at radius 2 is 1.50 bits per heavy atom. The zero-order valence-electron chi connectivity index (χ0n) is 15.4. The molecule has 1 aliphatic carbocycles. The molecule has 0 spiro atoms. The van der Waals surface area contributed by atoms with Gasteiger partial charge in [0.05, 0.1) is 11.1 Å². The zero-order valence-corrected chi connectivity index (χ0v) is 15.4. The summed E-state index contributed by atoms with van der Waals surface area (Å²) in [6.07, 6.45) is -0.557. The van der Waals surface area contributed by atoms with Gasteiger partial charge in [-0.1, -0.05) is 0 Å². The lowest BCUT2D eigenvalue weighted by Gasteiger charge is -2.39. The molecule has 0 atom stereocenters. The first-order valence-corrected chi connectivity index (χ1v) is 8.08. The van der Waals surface area contributed by atoms with Crippen molar-refractivity contribution >= 4 is 12.1 Å². The van der Waals surface area contributed by atoms with Crippen LogP contribution in [0.15, 0.2) is 11.1 Å². The van der Waals surface area contributed by atoms with Crippen LogP contribution in [-0.4, -0.2) is 44.5 Å². The van der Waals surface area contributed by atoms with E-state index in [1.54, 1.807) is 48.5 Å². The highest BCUT2D eigenvalue weighted by Crippen LogP contribution is 2.54. The minimum absolute atomic E-state index is 0.103. The van der Waals surface area contributed by atoms with E-state index in [-0.39, 0.29) is 12.8 Å². The van der Waals surface area contributed by atoms with Crippen LogP contribution in [0.5, 0.6) is 0 Å². The number of hydrogen-bond donors (Lipinski definition) is 2. The van der Waals surface area contributed by atoms with E-state index in [0.717, 1.165) is 16.2 Å². The topological polar surface area (TPSA) is 98.8 Å². The average Bonchev–Trinajstić information content (AvgIpc) is 2.81. The van der Waals surface area contributed by atoms with Crippen LogP contribution >= 0.6 is 0 Å². The number of ether oxygens (including phenoxy) is 1. The fourth-order valence-corrected chi connectivity index (χ4v) is 3.79. The molecule has 2 N–H and O–H groups in total. The third-order valence-corrected chi connectivity index (χ3v) is 4.96. The number of aliphatic carboxylic acids is 1. The zero-order chi connectivity index (χ0) is 18.7. The van der Waals surface area contributed by atoms with Crippen molar-refractivity contribution in [3.8, 4) is 0 Å². The summed E-state index contributed by atoms with van der Waals surface area (Å²) in [6.45, 7) is 12.3. The van der Waals surface area contributed by atoms with Gasteiger partial charge < -0.3 is 15.2 Å². The van der Waals surface area contributed by atoms with Crippen molar-refractivity contribution in [1.82, 2.24) is 10.4 Å². The van der Waals surface area contributed by atoms with Crippen molar-refractivity contribution in [3.05, 3.63) is 11.1 Å². The first-order valence-electron chi connectivity index (χ1n) is 8.08. The van der Waals surface area contributed by atoms with E-state index >= 15 is 0 Å². The number of hydroxylamine groups is 2. The molecule has 0 aromatic carbocycles. The molecule has 0 unspecified atom stereocenters. The third kappa shape index (κ3) is 2.80. The normalized spacial score (nSPS) is 24.7. The summed E-state index contributed by atoms with van der Waals surface area (Å²) >= 11 is 0. The van der Waals surface area contributed by atoms with Gasteiger partial charge in [-0.05, 0) is 59.6 Å². The quantitative estimate of drug-likeness (QED) is 0.754. The van der Waals surface area contributed by atoms with Gasteiger partial charge in [-0.2, -0.15) is 0 Å². The first-order chi connectivity index (χ1) is 10.6. The van der Waals surface area contributed by atoms with Crippen molar-refractivity contribution in [2.24, 2.45) is 0 Å². The molecule has 1 aliphatic heterocycles. The molecule has 0 aromatic rings. The second kappa shape index (κ2) is 5.20. The van der Waals surface area contributed by atoms with Gasteiger partial charge in [0, 0.05) is 12.8 Å². The number of nitrogens with one attached hydrogen (secondary N) is 1. The number of carbonyl (C=O) groups is 2. The van der Waals surface area contributed by atoms with Gasteiger partial charge in [0.25, 0.3) is 0 Å². The monoisotopic (exact) mass is 339 g/mol. The lowest BCUT2D eigenvalue weighted by Crippen LogP contribution is -2.57. The predicted octanol–water partition coefficient (Wildman–Crippen LogP) is 2.64. The third-order valence-electron chi connectivity index (χ3n) is 4.96. The van der Waals surface area contributed by atoms with Gasteiger partial charge in [-0.25, -0.2) is 9.59 Å². The van der Waals surface area contributed by atoms with Gasteiger partial charge in [0.1, 0.15) is 11.1 Å². The summed E-state index contributed by atoms with van der Waals surface area (Å²) in [5, 5.41) is 25.9. The van der Waals surface area contributed by atoms with Crippen LogP contribution in [0.2, 0.25) is 0 Å². The highest BCUT2D eigenvalue weighted by Gasteiger charge is 2.60. The standard InChI is InChI=1S/C17H27N2O5/c1-14(2,3)24-13(22)18-17(12(20)21)8-10-11(9-17)16(6,7)19(23)15(10,4)5/h8-9H2,1-7H3,(H,18,22)(H,20,21). The maximum Gasteiger partial charge on any atom is 0.408 e. The number of nitrogens with zero attached hydrogens (tertiary/aromatic N) is 1. The van der Waals surface area contributed by atoms with Crippen molar-refractivity contribution in [2.45, 2.75) is 83.5 Å². The number of hydrogen-bond acceptors (Lipinski definition) is 4. The smallest absolute Gasteiger partial charge is 0.408 e. The number of carboxylic acids is 1. The highest BCUT2D eigenvalue weighted by atomic mass is 16.6. The summed E-state index contributed by atoms with van der Waals surface area (Å²) in [5.41, 5.74) is -2.20. The molecule has 1 amide bonds. The van der Waals surface area contributed by atoms with Crippen molar-refractivity contribution in [1.29, 1.82) is 0 Å². The van der Waals surface area contributed by atoms with Gasteiger partial charge in [-0.15, -0.1) is 10.3 Å². The lowest BCUT2D eigenvalue weighted by atomic mass is 9.86. The van der Waals surface area contributed by atoms with E-state index in [0.29, 0.717) is 0 Å². The molecule has 0 fully saturated rings. The highest BCUT2D eigenvalue weighted by molar-refractivity contribution is 5.86. The summed E-state index contributed by atoms with van der Waals surface area (Å²) < 4.78 is 5.22. The van der Waals surface area contributed by atoms with Crippen LogP contribution in [0.25, 0.3) is 0 Å². The minimum atomic E-state index is -1.47. The fourth-order valence-electron chi connectivity index (χ4n) is 3.79. The molecule has 7 nitrogen and oxygen atoms in total. The Bertz CT molecular complexity index is 585. The van der Waals surface area contributed by atoms with Crippen LogP contribution in [0.1, 0.15) is 61.3 Å². The van der Waals surface area contributed by atoms with Crippen LogP contribution in [0, 0.1) is 0 Å². The molecule has 7 heteroatoms. The molecular formula is C17H27N2O5. The van der Waals surface area contributed by atoms with Crippen LogP contribution in [-0.2, 0) is 14.7 Å². The maximum absolute atomic E-state index is 12.6. The molecular weight excluding hydrogens is 312 g/mol. The summed E-state index contributed by atoms with van der Waals surface area (Å²) in [6, 6.07) is 0. The molecule has 2 rings (SSSR count). The number of carboxylic acid groups (broad SMARTS) is 1. The van der Waals surface area contributed by atoms with E-state index in [1.807, 2.05) is 0 Å². The minimum Gasteiger partial charge on any atom is -0.479 e. The Balaban J connectivity index is 2.32.